The predicted molar refractivity (Wildman–Crippen MR) is 58.5 cm³/mol. The molecule has 0 fully saturated rings. The molecule has 84 valence electrons. The van der Waals surface area contributed by atoms with Gasteiger partial charge in [-0.25, -0.2) is 8.78 Å². The molecule has 0 radical (unpaired) electrons. The van der Waals surface area contributed by atoms with E-state index in [2.05, 4.69) is 15.9 Å². The zero-order valence-electron chi connectivity index (χ0n) is 8.65. The first-order valence-electron chi connectivity index (χ1n) is 4.76. The molecule has 1 rings (SSSR count). The summed E-state index contributed by atoms with van der Waals surface area (Å²) in [7, 11) is 0. The summed E-state index contributed by atoms with van der Waals surface area (Å²) in [5.41, 5.74) is -1.73. The van der Waals surface area contributed by atoms with Gasteiger partial charge in [0.25, 0.3) is 0 Å². The molecule has 0 saturated heterocycles. The van der Waals surface area contributed by atoms with Crippen LogP contribution in [0.25, 0.3) is 0 Å². The van der Waals surface area contributed by atoms with Crippen LogP contribution in [0.1, 0.15) is 32.3 Å². The van der Waals surface area contributed by atoms with Gasteiger partial charge in [0.15, 0.2) is 0 Å². The van der Waals surface area contributed by atoms with Gasteiger partial charge in [-0.1, -0.05) is 13.3 Å². The number of rotatable bonds is 3. The Bertz CT molecular complexity index is 364. The van der Waals surface area contributed by atoms with E-state index in [-0.39, 0.29) is 10.0 Å². The van der Waals surface area contributed by atoms with Crippen molar-refractivity contribution in [2.24, 2.45) is 0 Å². The fourth-order valence-corrected chi connectivity index (χ4v) is 1.96. The highest BCUT2D eigenvalue weighted by molar-refractivity contribution is 9.10. The Labute approximate surface area is 96.2 Å². The van der Waals surface area contributed by atoms with Crippen LogP contribution in [0.2, 0.25) is 0 Å². The van der Waals surface area contributed by atoms with Gasteiger partial charge < -0.3 is 5.11 Å². The van der Waals surface area contributed by atoms with E-state index in [0.29, 0.717) is 12.8 Å². The molecule has 0 bridgehead atoms. The third-order valence-corrected chi connectivity index (χ3v) is 2.93. The van der Waals surface area contributed by atoms with E-state index in [9.17, 15) is 13.9 Å². The molecule has 1 aromatic carbocycles. The van der Waals surface area contributed by atoms with E-state index >= 15 is 0 Å². The lowest BCUT2D eigenvalue weighted by Crippen LogP contribution is -2.24. The molecule has 0 saturated carbocycles. The zero-order chi connectivity index (χ0) is 11.6. The monoisotopic (exact) mass is 278 g/mol. The Kier molecular flexibility index (Phi) is 3.84. The van der Waals surface area contributed by atoms with Gasteiger partial charge in [-0.05, 0) is 41.4 Å². The van der Waals surface area contributed by atoms with E-state index in [0.717, 1.165) is 6.07 Å². The number of hydrogen-bond acceptors (Lipinski definition) is 1. The highest BCUT2D eigenvalue weighted by Crippen LogP contribution is 2.33. The van der Waals surface area contributed by atoms with Gasteiger partial charge in [-0.2, -0.15) is 0 Å². The molecular formula is C11H13BrF2O. The molecule has 0 amide bonds. The average Bonchev–Trinajstić information content (AvgIpc) is 2.11. The largest absolute Gasteiger partial charge is 0.385 e. The minimum Gasteiger partial charge on any atom is -0.385 e. The molecule has 0 aromatic heterocycles. The molecule has 0 aliphatic carbocycles. The first kappa shape index (κ1) is 12.6. The second-order valence-corrected chi connectivity index (χ2v) is 4.60. The SMILES string of the molecule is CCCC(C)(O)c1c(F)ccc(Br)c1F. The fourth-order valence-electron chi connectivity index (χ4n) is 1.63. The van der Waals surface area contributed by atoms with Crippen molar-refractivity contribution in [3.05, 3.63) is 33.8 Å². The van der Waals surface area contributed by atoms with E-state index in [1.54, 1.807) is 0 Å². The number of benzene rings is 1. The Morgan fingerprint density at radius 3 is 2.53 bits per heavy atom. The first-order chi connectivity index (χ1) is 6.90. The molecule has 4 heteroatoms. The number of aliphatic hydroxyl groups is 1. The molecule has 1 nitrogen and oxygen atoms in total. The van der Waals surface area contributed by atoms with Gasteiger partial charge in [-0.3, -0.25) is 0 Å². The van der Waals surface area contributed by atoms with Crippen molar-refractivity contribution in [1.82, 2.24) is 0 Å². The maximum absolute atomic E-state index is 13.6. The Morgan fingerprint density at radius 2 is 2.00 bits per heavy atom. The molecule has 15 heavy (non-hydrogen) atoms. The van der Waals surface area contributed by atoms with Crippen LogP contribution in [0.3, 0.4) is 0 Å². The summed E-state index contributed by atoms with van der Waals surface area (Å²) < 4.78 is 27.2. The normalized spacial score (nSPS) is 15.1. The van der Waals surface area contributed by atoms with Gasteiger partial charge in [0.1, 0.15) is 11.6 Å². The van der Waals surface area contributed by atoms with E-state index in [1.807, 2.05) is 6.92 Å². The molecule has 1 atom stereocenters. The average molecular weight is 279 g/mol. The van der Waals surface area contributed by atoms with Crippen LogP contribution >= 0.6 is 15.9 Å². The van der Waals surface area contributed by atoms with Crippen LogP contribution < -0.4 is 0 Å². The van der Waals surface area contributed by atoms with E-state index < -0.39 is 17.2 Å². The molecule has 0 aliphatic heterocycles. The van der Waals surface area contributed by atoms with Gasteiger partial charge in [0.05, 0.1) is 15.6 Å². The summed E-state index contributed by atoms with van der Waals surface area (Å²) in [6.45, 7) is 3.27. The number of hydrogen-bond donors (Lipinski definition) is 1. The maximum Gasteiger partial charge on any atom is 0.146 e. The lowest BCUT2D eigenvalue weighted by molar-refractivity contribution is 0.0392. The van der Waals surface area contributed by atoms with Crippen molar-refractivity contribution < 1.29 is 13.9 Å². The highest BCUT2D eigenvalue weighted by atomic mass is 79.9. The smallest absolute Gasteiger partial charge is 0.146 e. The van der Waals surface area contributed by atoms with Gasteiger partial charge >= 0.3 is 0 Å². The Balaban J connectivity index is 3.29. The second kappa shape index (κ2) is 4.58. The minimum absolute atomic E-state index is 0.162. The molecular weight excluding hydrogens is 266 g/mol. The molecule has 0 heterocycles. The van der Waals surface area contributed by atoms with Crippen molar-refractivity contribution in [2.45, 2.75) is 32.3 Å². The molecule has 0 aliphatic rings. The van der Waals surface area contributed by atoms with Gasteiger partial charge in [0, 0.05) is 0 Å². The quantitative estimate of drug-likeness (QED) is 0.836. The Morgan fingerprint density at radius 1 is 1.40 bits per heavy atom. The van der Waals surface area contributed by atoms with Crippen LogP contribution in [-0.2, 0) is 5.60 Å². The topological polar surface area (TPSA) is 20.2 Å². The third kappa shape index (κ3) is 2.55. The van der Waals surface area contributed by atoms with Crippen LogP contribution in [0, 0.1) is 11.6 Å². The molecule has 1 N–H and O–H groups in total. The van der Waals surface area contributed by atoms with Crippen molar-refractivity contribution in [1.29, 1.82) is 0 Å². The van der Waals surface area contributed by atoms with Crippen molar-refractivity contribution in [3.63, 3.8) is 0 Å². The van der Waals surface area contributed by atoms with Crippen LogP contribution in [0.5, 0.6) is 0 Å². The Hall–Kier alpha value is -0.480. The molecule has 1 unspecified atom stereocenters. The summed E-state index contributed by atoms with van der Waals surface area (Å²) in [5.74, 6) is -1.44. The maximum atomic E-state index is 13.6. The first-order valence-corrected chi connectivity index (χ1v) is 5.55. The third-order valence-electron chi connectivity index (χ3n) is 2.32. The van der Waals surface area contributed by atoms with Crippen LogP contribution in [0.4, 0.5) is 8.78 Å². The summed E-state index contributed by atoms with van der Waals surface area (Å²) in [5, 5.41) is 9.97. The summed E-state index contributed by atoms with van der Waals surface area (Å²) >= 11 is 2.97. The van der Waals surface area contributed by atoms with Crippen LogP contribution in [-0.4, -0.2) is 5.11 Å². The van der Waals surface area contributed by atoms with Crippen molar-refractivity contribution >= 4 is 15.9 Å². The van der Waals surface area contributed by atoms with Gasteiger partial charge in [0.2, 0.25) is 0 Å². The van der Waals surface area contributed by atoms with Gasteiger partial charge in [-0.15, -0.1) is 0 Å². The zero-order valence-corrected chi connectivity index (χ0v) is 10.2. The lowest BCUT2D eigenvalue weighted by Gasteiger charge is -2.24. The molecule has 0 spiro atoms. The highest BCUT2D eigenvalue weighted by Gasteiger charge is 2.30. The summed E-state index contributed by atoms with van der Waals surface area (Å²) in [4.78, 5) is 0. The summed E-state index contributed by atoms with van der Waals surface area (Å²) in [6, 6.07) is 2.43. The molecule has 1 aromatic rings. The minimum atomic E-state index is -1.47. The fraction of sp³-hybridized carbons (Fsp3) is 0.455. The number of halogens is 3. The van der Waals surface area contributed by atoms with Crippen molar-refractivity contribution in [2.75, 3.05) is 0 Å². The standard InChI is InChI=1S/C11H13BrF2O/c1-3-6-11(2,15)9-8(13)5-4-7(12)10(9)14/h4-5,15H,3,6H2,1-2H3. The van der Waals surface area contributed by atoms with E-state index in [4.69, 9.17) is 0 Å². The lowest BCUT2D eigenvalue weighted by atomic mass is 9.90. The van der Waals surface area contributed by atoms with Crippen molar-refractivity contribution in [3.8, 4) is 0 Å². The van der Waals surface area contributed by atoms with Crippen LogP contribution in [0.15, 0.2) is 16.6 Å². The van der Waals surface area contributed by atoms with E-state index in [1.165, 1.54) is 13.0 Å². The predicted octanol–water partition coefficient (Wildman–Crippen LogP) is 3.73. The summed E-state index contributed by atoms with van der Waals surface area (Å²) in [6.07, 6.45) is 0.968. The second-order valence-electron chi connectivity index (χ2n) is 3.74.